The first-order chi connectivity index (χ1) is 11.0. The third kappa shape index (κ3) is 5.11. The van der Waals surface area contributed by atoms with Gasteiger partial charge in [0, 0.05) is 10.5 Å². The molecule has 2 aromatic rings. The molecule has 0 aromatic heterocycles. The Morgan fingerprint density at radius 3 is 2.52 bits per heavy atom. The molecule has 0 heterocycles. The van der Waals surface area contributed by atoms with Crippen LogP contribution in [0.3, 0.4) is 0 Å². The van der Waals surface area contributed by atoms with Gasteiger partial charge in [-0.25, -0.2) is 4.79 Å². The third-order valence-corrected chi connectivity index (χ3v) is 4.08. The summed E-state index contributed by atoms with van der Waals surface area (Å²) in [5, 5.41) is 8.70. The van der Waals surface area contributed by atoms with Gasteiger partial charge in [-0.15, -0.1) is 0 Å². The quantitative estimate of drug-likeness (QED) is 0.648. The second-order valence-electron chi connectivity index (χ2n) is 4.62. The zero-order valence-corrected chi connectivity index (χ0v) is 15.4. The number of methoxy groups -OCH3 is 1. The highest BCUT2D eigenvalue weighted by atomic mass is 79.9. The van der Waals surface area contributed by atoms with E-state index in [2.05, 4.69) is 31.9 Å². The highest BCUT2D eigenvalue weighted by Gasteiger charge is 2.11. The molecule has 2 rings (SSSR count). The molecule has 0 atom stereocenters. The van der Waals surface area contributed by atoms with E-state index < -0.39 is 5.97 Å². The molecule has 0 fully saturated rings. The molecule has 0 aliphatic heterocycles. The molecule has 1 N–H and O–H groups in total. The maximum atomic E-state index is 10.6. The smallest absolute Gasteiger partial charge is 0.328 e. The van der Waals surface area contributed by atoms with Crippen LogP contribution in [0.2, 0.25) is 0 Å². The monoisotopic (exact) mass is 440 g/mol. The summed E-state index contributed by atoms with van der Waals surface area (Å²) in [6, 6.07) is 11.3. The molecule has 0 amide bonds. The summed E-state index contributed by atoms with van der Waals surface area (Å²) in [4.78, 5) is 10.6. The lowest BCUT2D eigenvalue weighted by Crippen LogP contribution is -1.99. The fourth-order valence-electron chi connectivity index (χ4n) is 1.88. The molecule has 0 aliphatic carbocycles. The van der Waals surface area contributed by atoms with E-state index in [1.807, 2.05) is 24.3 Å². The van der Waals surface area contributed by atoms with E-state index in [0.29, 0.717) is 28.1 Å². The minimum absolute atomic E-state index is 0.395. The summed E-state index contributed by atoms with van der Waals surface area (Å²) in [7, 11) is 1.54. The van der Waals surface area contributed by atoms with E-state index in [1.165, 1.54) is 6.08 Å². The number of rotatable bonds is 6. The fraction of sp³-hybridized carbons (Fsp3) is 0.118. The van der Waals surface area contributed by atoms with Crippen molar-refractivity contribution in [2.45, 2.75) is 6.61 Å². The average molecular weight is 442 g/mol. The first-order valence-corrected chi connectivity index (χ1v) is 8.24. The van der Waals surface area contributed by atoms with Crippen molar-refractivity contribution in [3.63, 3.8) is 0 Å². The second-order valence-corrected chi connectivity index (χ2v) is 6.39. The Kier molecular flexibility index (Phi) is 6.24. The molecule has 4 nitrogen and oxygen atoms in total. The Balaban J connectivity index is 2.20. The number of halogens is 2. The summed E-state index contributed by atoms with van der Waals surface area (Å²) in [5.41, 5.74) is 1.73. The van der Waals surface area contributed by atoms with Gasteiger partial charge in [0.05, 0.1) is 11.6 Å². The summed E-state index contributed by atoms with van der Waals surface area (Å²) >= 11 is 6.83. The first kappa shape index (κ1) is 17.6. The van der Waals surface area contributed by atoms with Crippen LogP contribution in [0.25, 0.3) is 6.08 Å². The summed E-state index contributed by atoms with van der Waals surface area (Å²) < 4.78 is 12.9. The van der Waals surface area contributed by atoms with Crippen LogP contribution in [0.15, 0.2) is 51.4 Å². The van der Waals surface area contributed by atoms with Crippen LogP contribution in [0, 0.1) is 0 Å². The number of carbonyl (C=O) groups is 1. The van der Waals surface area contributed by atoms with E-state index in [-0.39, 0.29) is 0 Å². The summed E-state index contributed by atoms with van der Waals surface area (Å²) in [6.45, 7) is 0.395. The topological polar surface area (TPSA) is 55.8 Å². The molecule has 0 aliphatic rings. The lowest BCUT2D eigenvalue weighted by atomic mass is 10.2. The maximum absolute atomic E-state index is 10.6. The van der Waals surface area contributed by atoms with Gasteiger partial charge in [-0.2, -0.15) is 0 Å². The molecular weight excluding hydrogens is 428 g/mol. The van der Waals surface area contributed by atoms with Gasteiger partial charge in [0.25, 0.3) is 0 Å². The van der Waals surface area contributed by atoms with E-state index in [9.17, 15) is 4.79 Å². The SMILES string of the molecule is COc1cc(/C=C/C(=O)O)cc(Br)c1OCc1ccc(Br)cc1. The molecule has 0 saturated heterocycles. The van der Waals surface area contributed by atoms with Gasteiger partial charge in [0.15, 0.2) is 11.5 Å². The Bertz CT molecular complexity index is 724. The molecule has 120 valence electrons. The highest BCUT2D eigenvalue weighted by molar-refractivity contribution is 9.10. The molecule has 0 bridgehead atoms. The number of benzene rings is 2. The van der Waals surface area contributed by atoms with Crippen molar-refractivity contribution in [3.8, 4) is 11.5 Å². The summed E-state index contributed by atoms with van der Waals surface area (Å²) in [6.07, 6.45) is 2.57. The number of aliphatic carboxylic acids is 1. The molecule has 0 saturated carbocycles. The maximum Gasteiger partial charge on any atom is 0.328 e. The number of carboxylic acids is 1. The number of carboxylic acid groups (broad SMARTS) is 1. The Labute approximate surface area is 151 Å². The lowest BCUT2D eigenvalue weighted by Gasteiger charge is -2.13. The predicted molar refractivity (Wildman–Crippen MR) is 95.8 cm³/mol. The van der Waals surface area contributed by atoms with Crippen molar-refractivity contribution in [1.82, 2.24) is 0 Å². The molecule has 23 heavy (non-hydrogen) atoms. The zero-order chi connectivity index (χ0) is 16.8. The van der Waals surface area contributed by atoms with E-state index in [1.54, 1.807) is 19.2 Å². The van der Waals surface area contributed by atoms with E-state index in [4.69, 9.17) is 14.6 Å². The average Bonchev–Trinajstić information content (AvgIpc) is 2.53. The zero-order valence-electron chi connectivity index (χ0n) is 12.3. The normalized spacial score (nSPS) is 10.7. The van der Waals surface area contributed by atoms with Gasteiger partial charge in [-0.1, -0.05) is 28.1 Å². The van der Waals surface area contributed by atoms with Crippen molar-refractivity contribution in [2.75, 3.05) is 7.11 Å². The van der Waals surface area contributed by atoms with Crippen molar-refractivity contribution >= 4 is 43.9 Å². The van der Waals surface area contributed by atoms with Gasteiger partial charge in [0.2, 0.25) is 0 Å². The number of hydrogen-bond acceptors (Lipinski definition) is 3. The van der Waals surface area contributed by atoms with Crippen LogP contribution in [0.4, 0.5) is 0 Å². The number of ether oxygens (including phenoxy) is 2. The van der Waals surface area contributed by atoms with Gasteiger partial charge in [-0.05, 0) is 57.4 Å². The first-order valence-electron chi connectivity index (χ1n) is 6.65. The van der Waals surface area contributed by atoms with Crippen LogP contribution in [0.1, 0.15) is 11.1 Å². The molecular formula is C17H14Br2O4. The van der Waals surface area contributed by atoms with E-state index >= 15 is 0 Å². The van der Waals surface area contributed by atoms with Gasteiger partial charge < -0.3 is 14.6 Å². The highest BCUT2D eigenvalue weighted by Crippen LogP contribution is 2.37. The molecule has 0 unspecified atom stereocenters. The fourth-order valence-corrected chi connectivity index (χ4v) is 2.72. The lowest BCUT2D eigenvalue weighted by molar-refractivity contribution is -0.131. The molecule has 0 radical (unpaired) electrons. The minimum Gasteiger partial charge on any atom is -0.493 e. The minimum atomic E-state index is -1.00. The molecule has 6 heteroatoms. The second kappa shape index (κ2) is 8.17. The summed E-state index contributed by atoms with van der Waals surface area (Å²) in [5.74, 6) is 0.0973. The van der Waals surface area contributed by atoms with Gasteiger partial charge in [0.1, 0.15) is 6.61 Å². The third-order valence-electron chi connectivity index (χ3n) is 2.97. The Morgan fingerprint density at radius 2 is 1.91 bits per heavy atom. The Morgan fingerprint density at radius 1 is 1.22 bits per heavy atom. The van der Waals surface area contributed by atoms with Crippen molar-refractivity contribution in [1.29, 1.82) is 0 Å². The Hall–Kier alpha value is -1.79. The predicted octanol–water partition coefficient (Wildman–Crippen LogP) is 4.90. The van der Waals surface area contributed by atoms with Crippen LogP contribution < -0.4 is 9.47 Å². The largest absolute Gasteiger partial charge is 0.493 e. The van der Waals surface area contributed by atoms with Crippen LogP contribution in [-0.4, -0.2) is 18.2 Å². The molecule has 0 spiro atoms. The van der Waals surface area contributed by atoms with Crippen LogP contribution in [0.5, 0.6) is 11.5 Å². The van der Waals surface area contributed by atoms with Gasteiger partial charge >= 0.3 is 5.97 Å². The van der Waals surface area contributed by atoms with E-state index in [0.717, 1.165) is 16.1 Å². The van der Waals surface area contributed by atoms with Gasteiger partial charge in [-0.3, -0.25) is 0 Å². The standard InChI is InChI=1S/C17H14Br2O4/c1-22-15-9-12(4-7-16(20)21)8-14(19)17(15)23-10-11-2-5-13(18)6-3-11/h2-9H,10H2,1H3,(H,20,21)/b7-4+. The van der Waals surface area contributed by atoms with Crippen LogP contribution in [-0.2, 0) is 11.4 Å². The number of hydrogen-bond donors (Lipinski definition) is 1. The van der Waals surface area contributed by atoms with Crippen molar-refractivity contribution in [2.24, 2.45) is 0 Å². The molecule has 2 aromatic carbocycles. The van der Waals surface area contributed by atoms with Crippen LogP contribution >= 0.6 is 31.9 Å². The van der Waals surface area contributed by atoms with Crippen molar-refractivity contribution < 1.29 is 19.4 Å². The van der Waals surface area contributed by atoms with Crippen molar-refractivity contribution in [3.05, 3.63) is 62.5 Å².